The quantitative estimate of drug-likeness (QED) is 0.816. The number of nitrogens with zero attached hydrogens (tertiary/aromatic N) is 1. The Hall–Kier alpha value is -1.07. The molecule has 1 aromatic rings. The van der Waals surface area contributed by atoms with Gasteiger partial charge >= 0.3 is 0 Å². The largest absolute Gasteiger partial charge is 0.398 e. The van der Waals surface area contributed by atoms with Gasteiger partial charge in [0.2, 0.25) is 0 Å². The number of amides is 1. The van der Waals surface area contributed by atoms with Gasteiger partial charge in [-0.05, 0) is 31.5 Å². The van der Waals surface area contributed by atoms with Crippen LogP contribution in [0.3, 0.4) is 0 Å². The predicted octanol–water partition coefficient (Wildman–Crippen LogP) is 1.88. The fourth-order valence-corrected chi connectivity index (χ4v) is 1.94. The average Bonchev–Trinajstić information content (AvgIpc) is 2.29. The lowest BCUT2D eigenvalue weighted by atomic mass is 10.1. The molecule has 0 bridgehead atoms. The number of halogens is 1. The Morgan fingerprint density at radius 2 is 2.24 bits per heavy atom. The number of hydrogen-bond acceptors (Lipinski definition) is 3. The maximum Gasteiger partial charge on any atom is 0.255 e. The molecule has 1 aromatic carbocycles. The Morgan fingerprint density at radius 3 is 2.76 bits per heavy atom. The first-order valence-corrected chi connectivity index (χ1v) is 6.34. The van der Waals surface area contributed by atoms with Crippen LogP contribution in [-0.4, -0.2) is 35.6 Å². The molecule has 4 nitrogen and oxygen atoms in total. The van der Waals surface area contributed by atoms with E-state index in [1.807, 2.05) is 6.92 Å². The van der Waals surface area contributed by atoms with E-state index in [4.69, 9.17) is 10.8 Å². The lowest BCUT2D eigenvalue weighted by molar-refractivity contribution is 0.0755. The third kappa shape index (κ3) is 3.71. The lowest BCUT2D eigenvalue weighted by Crippen LogP contribution is -2.32. The monoisotopic (exact) mass is 300 g/mol. The van der Waals surface area contributed by atoms with Crippen molar-refractivity contribution in [1.29, 1.82) is 0 Å². The van der Waals surface area contributed by atoms with Crippen molar-refractivity contribution < 1.29 is 9.90 Å². The molecule has 0 radical (unpaired) electrons. The summed E-state index contributed by atoms with van der Waals surface area (Å²) in [6, 6.07) is 5.22. The van der Waals surface area contributed by atoms with Crippen LogP contribution < -0.4 is 5.73 Å². The number of carbonyl (C=O) groups is 1. The number of nitrogens with two attached hydrogens (primary N) is 1. The van der Waals surface area contributed by atoms with E-state index in [0.717, 1.165) is 4.47 Å². The van der Waals surface area contributed by atoms with Crippen molar-refractivity contribution in [3.63, 3.8) is 0 Å². The van der Waals surface area contributed by atoms with E-state index in [-0.39, 0.29) is 12.5 Å². The Kier molecular flexibility index (Phi) is 5.44. The molecular formula is C12H17BrN2O2. The summed E-state index contributed by atoms with van der Waals surface area (Å²) in [6.45, 7) is 3.14. The standard InChI is InChI=1S/C12H17BrN2O2/c1-2-15(6-3-7-16)12(17)10-5-4-9(13)8-11(10)14/h4-5,8,16H,2-3,6-7,14H2,1H3. The number of carbonyl (C=O) groups excluding carboxylic acids is 1. The highest BCUT2D eigenvalue weighted by molar-refractivity contribution is 9.10. The summed E-state index contributed by atoms with van der Waals surface area (Å²) >= 11 is 3.30. The van der Waals surface area contributed by atoms with Gasteiger partial charge in [-0.3, -0.25) is 4.79 Å². The summed E-state index contributed by atoms with van der Waals surface area (Å²) in [5, 5.41) is 8.79. The summed E-state index contributed by atoms with van der Waals surface area (Å²) < 4.78 is 0.852. The second-order valence-electron chi connectivity index (χ2n) is 3.69. The van der Waals surface area contributed by atoms with Crippen molar-refractivity contribution in [2.24, 2.45) is 0 Å². The third-order valence-electron chi connectivity index (χ3n) is 2.50. The van der Waals surface area contributed by atoms with E-state index >= 15 is 0 Å². The number of aliphatic hydroxyl groups is 1. The van der Waals surface area contributed by atoms with E-state index in [2.05, 4.69) is 15.9 Å². The van der Waals surface area contributed by atoms with Crippen LogP contribution in [0.2, 0.25) is 0 Å². The lowest BCUT2D eigenvalue weighted by Gasteiger charge is -2.21. The second-order valence-corrected chi connectivity index (χ2v) is 4.61. The SMILES string of the molecule is CCN(CCCO)C(=O)c1ccc(Br)cc1N. The molecule has 0 spiro atoms. The van der Waals surface area contributed by atoms with Gasteiger partial charge in [0.1, 0.15) is 0 Å². The highest BCUT2D eigenvalue weighted by atomic mass is 79.9. The number of nitrogen functional groups attached to an aromatic ring is 1. The minimum atomic E-state index is -0.0917. The average molecular weight is 301 g/mol. The van der Waals surface area contributed by atoms with Crippen LogP contribution in [-0.2, 0) is 0 Å². The summed E-state index contributed by atoms with van der Waals surface area (Å²) in [7, 11) is 0. The number of anilines is 1. The van der Waals surface area contributed by atoms with Gasteiger partial charge in [0.05, 0.1) is 5.56 Å². The van der Waals surface area contributed by atoms with Crippen LogP contribution >= 0.6 is 15.9 Å². The van der Waals surface area contributed by atoms with E-state index < -0.39 is 0 Å². The molecule has 94 valence electrons. The number of aliphatic hydroxyl groups excluding tert-OH is 1. The molecule has 3 N–H and O–H groups in total. The molecule has 0 heterocycles. The Labute approximate surface area is 110 Å². The molecule has 0 fully saturated rings. The summed E-state index contributed by atoms with van der Waals surface area (Å²) in [6.07, 6.45) is 0.579. The first-order valence-electron chi connectivity index (χ1n) is 5.55. The minimum absolute atomic E-state index is 0.0829. The van der Waals surface area contributed by atoms with E-state index in [9.17, 15) is 4.79 Å². The molecule has 0 saturated carbocycles. The van der Waals surface area contributed by atoms with Crippen molar-refractivity contribution in [2.75, 3.05) is 25.4 Å². The normalized spacial score (nSPS) is 10.3. The predicted molar refractivity (Wildman–Crippen MR) is 71.8 cm³/mol. The molecule has 0 aromatic heterocycles. The van der Waals surface area contributed by atoms with Crippen molar-refractivity contribution in [1.82, 2.24) is 4.90 Å². The van der Waals surface area contributed by atoms with Crippen molar-refractivity contribution in [3.8, 4) is 0 Å². The number of hydrogen-bond donors (Lipinski definition) is 2. The number of benzene rings is 1. The molecule has 1 amide bonds. The summed E-state index contributed by atoms with van der Waals surface area (Å²) in [4.78, 5) is 13.8. The fraction of sp³-hybridized carbons (Fsp3) is 0.417. The fourth-order valence-electron chi connectivity index (χ4n) is 1.56. The second kappa shape index (κ2) is 6.61. The van der Waals surface area contributed by atoms with Gasteiger partial charge in [0, 0.05) is 29.9 Å². The van der Waals surface area contributed by atoms with Crippen LogP contribution in [0.1, 0.15) is 23.7 Å². The van der Waals surface area contributed by atoms with Crippen LogP contribution in [0, 0.1) is 0 Å². The summed E-state index contributed by atoms with van der Waals surface area (Å²) in [5.41, 5.74) is 6.79. The maximum absolute atomic E-state index is 12.2. The Balaban J connectivity index is 2.86. The van der Waals surface area contributed by atoms with E-state index in [1.54, 1.807) is 23.1 Å². The summed E-state index contributed by atoms with van der Waals surface area (Å²) in [5.74, 6) is -0.0917. The maximum atomic E-state index is 12.2. The van der Waals surface area contributed by atoms with Crippen LogP contribution in [0.25, 0.3) is 0 Å². The van der Waals surface area contributed by atoms with Gasteiger partial charge in [0.25, 0.3) is 5.91 Å². The number of rotatable bonds is 5. The zero-order valence-corrected chi connectivity index (χ0v) is 11.4. The van der Waals surface area contributed by atoms with Gasteiger partial charge in [0.15, 0.2) is 0 Å². The molecule has 5 heteroatoms. The first kappa shape index (κ1) is 14.0. The van der Waals surface area contributed by atoms with Crippen LogP contribution in [0.4, 0.5) is 5.69 Å². The van der Waals surface area contributed by atoms with Crippen molar-refractivity contribution in [2.45, 2.75) is 13.3 Å². The molecular weight excluding hydrogens is 284 g/mol. The van der Waals surface area contributed by atoms with Crippen molar-refractivity contribution >= 4 is 27.5 Å². The van der Waals surface area contributed by atoms with Gasteiger partial charge < -0.3 is 15.7 Å². The van der Waals surface area contributed by atoms with Crippen LogP contribution in [0.5, 0.6) is 0 Å². The van der Waals surface area contributed by atoms with Crippen molar-refractivity contribution in [3.05, 3.63) is 28.2 Å². The molecule has 0 aliphatic carbocycles. The zero-order valence-electron chi connectivity index (χ0n) is 9.82. The van der Waals surface area contributed by atoms with Gasteiger partial charge in [-0.25, -0.2) is 0 Å². The molecule has 0 aliphatic heterocycles. The molecule has 0 aliphatic rings. The third-order valence-corrected chi connectivity index (χ3v) is 2.99. The molecule has 1 rings (SSSR count). The molecule has 0 atom stereocenters. The molecule has 17 heavy (non-hydrogen) atoms. The Bertz CT molecular complexity index is 396. The highest BCUT2D eigenvalue weighted by Crippen LogP contribution is 2.20. The molecule has 0 unspecified atom stereocenters. The van der Waals surface area contributed by atoms with E-state index in [0.29, 0.717) is 30.8 Å². The van der Waals surface area contributed by atoms with E-state index in [1.165, 1.54) is 0 Å². The van der Waals surface area contributed by atoms with Gasteiger partial charge in [-0.2, -0.15) is 0 Å². The zero-order chi connectivity index (χ0) is 12.8. The molecule has 0 saturated heterocycles. The topological polar surface area (TPSA) is 66.6 Å². The van der Waals surface area contributed by atoms with Gasteiger partial charge in [-0.1, -0.05) is 15.9 Å². The highest BCUT2D eigenvalue weighted by Gasteiger charge is 2.16. The minimum Gasteiger partial charge on any atom is -0.398 e. The Morgan fingerprint density at radius 1 is 1.53 bits per heavy atom. The van der Waals surface area contributed by atoms with Crippen LogP contribution in [0.15, 0.2) is 22.7 Å². The first-order chi connectivity index (χ1) is 8.10. The smallest absolute Gasteiger partial charge is 0.255 e. The van der Waals surface area contributed by atoms with Gasteiger partial charge in [-0.15, -0.1) is 0 Å².